The van der Waals surface area contributed by atoms with Crippen LogP contribution in [0.4, 0.5) is 0 Å². The van der Waals surface area contributed by atoms with Crippen LogP contribution in [0.15, 0.2) is 50.5 Å². The van der Waals surface area contributed by atoms with Gasteiger partial charge in [0.1, 0.15) is 11.5 Å². The molecule has 1 aliphatic heterocycles. The van der Waals surface area contributed by atoms with E-state index >= 15 is 0 Å². The maximum absolute atomic E-state index is 12.5. The standard InChI is InChI=1S/C18H16N4O4/c23-15(8-12-9-19-18(25)21-16(12)24)22-7-6-14-13(10-22)20-17(26-14)11-4-2-1-3-5-11/h1-5,9H,6-8,10H2,(H2,19,21,24,25). The zero-order valence-electron chi connectivity index (χ0n) is 13.8. The number of aromatic nitrogens is 3. The predicted octanol–water partition coefficient (Wildman–Crippen LogP) is 0.846. The Kier molecular flexibility index (Phi) is 4.00. The van der Waals surface area contributed by atoms with Crippen LogP contribution in [-0.2, 0) is 24.2 Å². The first-order chi connectivity index (χ1) is 12.6. The maximum Gasteiger partial charge on any atom is 0.325 e. The minimum atomic E-state index is -0.593. The van der Waals surface area contributed by atoms with Crippen molar-refractivity contribution in [1.82, 2.24) is 19.9 Å². The molecule has 1 aliphatic rings. The van der Waals surface area contributed by atoms with Crippen molar-refractivity contribution < 1.29 is 9.21 Å². The van der Waals surface area contributed by atoms with E-state index in [1.807, 2.05) is 30.3 Å². The van der Waals surface area contributed by atoms with Crippen molar-refractivity contribution >= 4 is 5.91 Å². The van der Waals surface area contributed by atoms with Crippen molar-refractivity contribution in [2.24, 2.45) is 0 Å². The molecule has 8 heteroatoms. The average Bonchev–Trinajstić information content (AvgIpc) is 3.08. The summed E-state index contributed by atoms with van der Waals surface area (Å²) in [5.74, 6) is 1.13. The lowest BCUT2D eigenvalue weighted by molar-refractivity contribution is -0.131. The van der Waals surface area contributed by atoms with Gasteiger partial charge >= 0.3 is 5.69 Å². The van der Waals surface area contributed by atoms with Crippen LogP contribution >= 0.6 is 0 Å². The molecule has 1 aromatic carbocycles. The van der Waals surface area contributed by atoms with Crippen molar-refractivity contribution in [2.45, 2.75) is 19.4 Å². The van der Waals surface area contributed by atoms with Gasteiger partial charge in [-0.3, -0.25) is 14.6 Å². The SMILES string of the molecule is O=C(Cc1c[nH]c(=O)[nH]c1=O)N1CCc2oc(-c3ccccc3)nc2C1. The molecule has 3 aromatic rings. The molecule has 0 radical (unpaired) electrons. The van der Waals surface area contributed by atoms with E-state index in [0.29, 0.717) is 25.4 Å². The fourth-order valence-corrected chi connectivity index (χ4v) is 2.96. The molecule has 0 unspecified atom stereocenters. The third-order valence-corrected chi connectivity index (χ3v) is 4.34. The third-order valence-electron chi connectivity index (χ3n) is 4.34. The van der Waals surface area contributed by atoms with Crippen LogP contribution in [-0.4, -0.2) is 32.3 Å². The van der Waals surface area contributed by atoms with E-state index in [9.17, 15) is 14.4 Å². The number of benzene rings is 1. The minimum Gasteiger partial charge on any atom is -0.441 e. The number of amides is 1. The smallest absolute Gasteiger partial charge is 0.325 e. The molecule has 8 nitrogen and oxygen atoms in total. The lowest BCUT2D eigenvalue weighted by Crippen LogP contribution is -2.38. The number of carbonyl (C=O) groups is 1. The topological polar surface area (TPSA) is 112 Å². The molecule has 0 spiro atoms. The number of hydrogen-bond donors (Lipinski definition) is 2. The number of oxazole rings is 1. The van der Waals surface area contributed by atoms with E-state index in [1.54, 1.807) is 4.90 Å². The van der Waals surface area contributed by atoms with Crippen LogP contribution in [0.5, 0.6) is 0 Å². The van der Waals surface area contributed by atoms with Crippen molar-refractivity contribution in [3.05, 3.63) is 74.4 Å². The van der Waals surface area contributed by atoms with Gasteiger partial charge in [0.2, 0.25) is 11.8 Å². The molecule has 3 heterocycles. The fourth-order valence-electron chi connectivity index (χ4n) is 2.96. The van der Waals surface area contributed by atoms with Crippen molar-refractivity contribution in [3.8, 4) is 11.5 Å². The molecule has 1 amide bonds. The molecule has 0 bridgehead atoms. The van der Waals surface area contributed by atoms with Crippen molar-refractivity contribution in [2.75, 3.05) is 6.54 Å². The second kappa shape index (κ2) is 6.47. The van der Waals surface area contributed by atoms with E-state index in [1.165, 1.54) is 6.20 Å². The Balaban J connectivity index is 1.51. The van der Waals surface area contributed by atoms with Gasteiger partial charge < -0.3 is 14.3 Å². The molecular weight excluding hydrogens is 336 g/mol. The summed E-state index contributed by atoms with van der Waals surface area (Å²) in [6.45, 7) is 0.836. The van der Waals surface area contributed by atoms with Gasteiger partial charge in [-0.05, 0) is 12.1 Å². The van der Waals surface area contributed by atoms with Crippen LogP contribution in [0, 0.1) is 0 Å². The molecule has 2 N–H and O–H groups in total. The Labute approximate surface area is 147 Å². The number of fused-ring (bicyclic) bond motifs is 1. The summed E-state index contributed by atoms with van der Waals surface area (Å²) in [4.78, 5) is 46.0. The van der Waals surface area contributed by atoms with Crippen LogP contribution in [0.3, 0.4) is 0 Å². The van der Waals surface area contributed by atoms with Gasteiger partial charge in [0.05, 0.1) is 13.0 Å². The molecule has 2 aromatic heterocycles. The summed E-state index contributed by atoms with van der Waals surface area (Å²) in [5, 5.41) is 0. The summed E-state index contributed by atoms with van der Waals surface area (Å²) in [6.07, 6.45) is 1.77. The highest BCUT2D eigenvalue weighted by Gasteiger charge is 2.26. The molecule has 0 fully saturated rings. The first-order valence-electron chi connectivity index (χ1n) is 8.23. The van der Waals surface area contributed by atoms with E-state index in [-0.39, 0.29) is 17.9 Å². The zero-order chi connectivity index (χ0) is 18.1. The first-order valence-corrected chi connectivity index (χ1v) is 8.23. The molecule has 26 heavy (non-hydrogen) atoms. The Morgan fingerprint density at radius 3 is 2.81 bits per heavy atom. The van der Waals surface area contributed by atoms with E-state index in [2.05, 4.69) is 15.0 Å². The van der Waals surface area contributed by atoms with Gasteiger partial charge in [0, 0.05) is 30.3 Å². The largest absolute Gasteiger partial charge is 0.441 e. The molecule has 0 aliphatic carbocycles. The second-order valence-electron chi connectivity index (χ2n) is 6.09. The average molecular weight is 352 g/mol. The molecule has 4 rings (SSSR count). The van der Waals surface area contributed by atoms with Gasteiger partial charge in [-0.2, -0.15) is 0 Å². The Hall–Kier alpha value is -3.42. The summed E-state index contributed by atoms with van der Waals surface area (Å²) < 4.78 is 5.83. The number of rotatable bonds is 3. The zero-order valence-corrected chi connectivity index (χ0v) is 13.8. The van der Waals surface area contributed by atoms with Gasteiger partial charge in [-0.15, -0.1) is 0 Å². The number of hydrogen-bond acceptors (Lipinski definition) is 5. The van der Waals surface area contributed by atoms with Gasteiger partial charge in [-0.1, -0.05) is 18.2 Å². The highest BCUT2D eigenvalue weighted by molar-refractivity contribution is 5.78. The second-order valence-corrected chi connectivity index (χ2v) is 6.09. The quantitative estimate of drug-likeness (QED) is 0.726. The number of nitrogens with zero attached hydrogens (tertiary/aromatic N) is 2. The molecular formula is C18H16N4O4. The van der Waals surface area contributed by atoms with Crippen LogP contribution in [0.2, 0.25) is 0 Å². The summed E-state index contributed by atoms with van der Waals surface area (Å²) >= 11 is 0. The minimum absolute atomic E-state index is 0.0785. The van der Waals surface area contributed by atoms with Crippen LogP contribution in [0.25, 0.3) is 11.5 Å². The summed E-state index contributed by atoms with van der Waals surface area (Å²) in [7, 11) is 0. The summed E-state index contributed by atoms with van der Waals surface area (Å²) in [5.41, 5.74) is 0.710. The van der Waals surface area contributed by atoms with E-state index in [0.717, 1.165) is 17.0 Å². The first kappa shape index (κ1) is 16.1. The highest BCUT2D eigenvalue weighted by Crippen LogP contribution is 2.26. The summed E-state index contributed by atoms with van der Waals surface area (Å²) in [6, 6.07) is 9.59. The van der Waals surface area contributed by atoms with Gasteiger partial charge in [0.25, 0.3) is 5.56 Å². The van der Waals surface area contributed by atoms with Gasteiger partial charge in [0.15, 0.2) is 0 Å². The number of nitrogens with one attached hydrogen (secondary N) is 2. The monoisotopic (exact) mass is 352 g/mol. The number of H-pyrrole nitrogens is 2. The third kappa shape index (κ3) is 3.08. The Morgan fingerprint density at radius 1 is 1.23 bits per heavy atom. The lowest BCUT2D eigenvalue weighted by atomic mass is 10.1. The van der Waals surface area contributed by atoms with Crippen LogP contribution in [0.1, 0.15) is 17.0 Å². The fraction of sp³-hybridized carbons (Fsp3) is 0.222. The van der Waals surface area contributed by atoms with Crippen LogP contribution < -0.4 is 11.2 Å². The highest BCUT2D eigenvalue weighted by atomic mass is 16.4. The molecule has 0 atom stereocenters. The molecule has 132 valence electrons. The predicted molar refractivity (Wildman–Crippen MR) is 92.4 cm³/mol. The lowest BCUT2D eigenvalue weighted by Gasteiger charge is -2.25. The Morgan fingerprint density at radius 2 is 2.04 bits per heavy atom. The molecule has 0 saturated heterocycles. The normalized spacial score (nSPS) is 13.5. The van der Waals surface area contributed by atoms with Crippen molar-refractivity contribution in [3.63, 3.8) is 0 Å². The van der Waals surface area contributed by atoms with Crippen molar-refractivity contribution in [1.29, 1.82) is 0 Å². The number of aromatic amines is 2. The Bertz CT molecular complexity index is 1060. The number of carbonyl (C=O) groups excluding carboxylic acids is 1. The van der Waals surface area contributed by atoms with Gasteiger partial charge in [-0.25, -0.2) is 9.78 Å². The maximum atomic E-state index is 12.5. The van der Waals surface area contributed by atoms with E-state index in [4.69, 9.17) is 4.42 Å². The van der Waals surface area contributed by atoms with E-state index < -0.39 is 11.2 Å². The molecule has 0 saturated carbocycles.